The van der Waals surface area contributed by atoms with Gasteiger partial charge in [0.2, 0.25) is 0 Å². The molecule has 1 aromatic carbocycles. The number of aromatic hydroxyl groups is 1. The summed E-state index contributed by atoms with van der Waals surface area (Å²) in [5.74, 6) is 1.51. The van der Waals surface area contributed by atoms with Crippen LogP contribution in [0, 0.1) is 6.92 Å². The molecule has 0 aliphatic heterocycles. The first-order valence-corrected chi connectivity index (χ1v) is 8.17. The van der Waals surface area contributed by atoms with Crippen LogP contribution in [0.3, 0.4) is 0 Å². The molecule has 4 rings (SSSR count). The zero-order valence-corrected chi connectivity index (χ0v) is 14.4. The van der Waals surface area contributed by atoms with Crippen LogP contribution < -0.4 is 10.2 Å². The molecule has 4 aromatic rings. The van der Waals surface area contributed by atoms with Crippen LogP contribution in [-0.4, -0.2) is 26.5 Å². The SMILES string of the molecule is CNOCc1c(C)nc2cc(Oc3ccnc4cc(O)ccc34)ccn12. The maximum absolute atomic E-state index is 9.61. The van der Waals surface area contributed by atoms with Crippen molar-refractivity contribution < 1.29 is 14.7 Å². The van der Waals surface area contributed by atoms with E-state index in [1.54, 1.807) is 37.5 Å². The van der Waals surface area contributed by atoms with Crippen LogP contribution in [-0.2, 0) is 11.4 Å². The molecular formula is C19H18N4O3. The Kier molecular flexibility index (Phi) is 4.16. The number of hydrogen-bond donors (Lipinski definition) is 2. The van der Waals surface area contributed by atoms with Crippen molar-refractivity contribution in [3.05, 3.63) is 60.2 Å². The summed E-state index contributed by atoms with van der Waals surface area (Å²) in [6.45, 7) is 2.37. The van der Waals surface area contributed by atoms with Gasteiger partial charge in [-0.1, -0.05) is 0 Å². The van der Waals surface area contributed by atoms with Gasteiger partial charge in [0.05, 0.1) is 16.9 Å². The third-order valence-corrected chi connectivity index (χ3v) is 4.16. The first-order valence-electron chi connectivity index (χ1n) is 8.17. The quantitative estimate of drug-likeness (QED) is 0.537. The number of rotatable bonds is 5. The Morgan fingerprint density at radius 1 is 1.19 bits per heavy atom. The second kappa shape index (κ2) is 6.62. The molecular weight excluding hydrogens is 332 g/mol. The summed E-state index contributed by atoms with van der Waals surface area (Å²) in [5.41, 5.74) is 6.01. The third-order valence-electron chi connectivity index (χ3n) is 4.16. The minimum Gasteiger partial charge on any atom is -0.508 e. The summed E-state index contributed by atoms with van der Waals surface area (Å²) in [5, 5.41) is 10.4. The van der Waals surface area contributed by atoms with Gasteiger partial charge in [0.15, 0.2) is 0 Å². The van der Waals surface area contributed by atoms with Crippen LogP contribution in [0.1, 0.15) is 11.4 Å². The second-order valence-electron chi connectivity index (χ2n) is 5.84. The molecule has 0 atom stereocenters. The van der Waals surface area contributed by atoms with Gasteiger partial charge in [-0.3, -0.25) is 9.82 Å². The van der Waals surface area contributed by atoms with Gasteiger partial charge < -0.3 is 14.2 Å². The molecule has 0 radical (unpaired) electrons. The van der Waals surface area contributed by atoms with E-state index in [2.05, 4.69) is 15.4 Å². The van der Waals surface area contributed by atoms with Gasteiger partial charge >= 0.3 is 0 Å². The summed E-state index contributed by atoms with van der Waals surface area (Å²) < 4.78 is 8.03. The maximum Gasteiger partial charge on any atom is 0.141 e. The Hall–Kier alpha value is -3.16. The molecule has 0 bridgehead atoms. The molecule has 0 aliphatic carbocycles. The highest BCUT2D eigenvalue weighted by atomic mass is 16.6. The van der Waals surface area contributed by atoms with Crippen molar-refractivity contribution in [2.45, 2.75) is 13.5 Å². The second-order valence-corrected chi connectivity index (χ2v) is 5.84. The number of nitrogens with one attached hydrogen (secondary N) is 1. The molecule has 0 aliphatic rings. The maximum atomic E-state index is 9.61. The van der Waals surface area contributed by atoms with Gasteiger partial charge in [-0.2, -0.15) is 0 Å². The summed E-state index contributed by atoms with van der Waals surface area (Å²) in [7, 11) is 1.73. The lowest BCUT2D eigenvalue weighted by Crippen LogP contribution is -2.09. The Balaban J connectivity index is 1.70. The standard InChI is InChI=1S/C19H18N4O3/c1-12-17(11-25-20-2)23-8-6-14(10-19(23)22-12)26-18-5-7-21-16-9-13(24)3-4-15(16)18/h3-10,20,24H,11H2,1-2H3. The first-order chi connectivity index (χ1) is 12.7. The van der Waals surface area contributed by atoms with Gasteiger partial charge in [0.1, 0.15) is 29.5 Å². The van der Waals surface area contributed by atoms with Crippen molar-refractivity contribution in [1.29, 1.82) is 0 Å². The molecule has 3 heterocycles. The Morgan fingerprint density at radius 3 is 2.92 bits per heavy atom. The molecule has 0 unspecified atom stereocenters. The minimum absolute atomic E-state index is 0.174. The van der Waals surface area contributed by atoms with Gasteiger partial charge in [0.25, 0.3) is 0 Å². The number of nitrogens with zero attached hydrogens (tertiary/aromatic N) is 3. The fraction of sp³-hybridized carbons (Fsp3) is 0.158. The van der Waals surface area contributed by atoms with Crippen molar-refractivity contribution in [2.75, 3.05) is 7.05 Å². The largest absolute Gasteiger partial charge is 0.508 e. The number of fused-ring (bicyclic) bond motifs is 2. The molecule has 7 heteroatoms. The van der Waals surface area contributed by atoms with Gasteiger partial charge in [-0.05, 0) is 31.2 Å². The number of imidazole rings is 1. The first kappa shape index (κ1) is 16.3. The number of hydrogen-bond acceptors (Lipinski definition) is 6. The third kappa shape index (κ3) is 2.94. The summed E-state index contributed by atoms with van der Waals surface area (Å²) in [6.07, 6.45) is 3.57. The number of benzene rings is 1. The number of phenols is 1. The molecule has 0 amide bonds. The van der Waals surface area contributed by atoms with E-state index in [4.69, 9.17) is 9.57 Å². The van der Waals surface area contributed by atoms with E-state index in [1.165, 1.54) is 0 Å². The predicted octanol–water partition coefficient (Wildman–Crippen LogP) is 3.34. The highest BCUT2D eigenvalue weighted by Crippen LogP contribution is 2.31. The lowest BCUT2D eigenvalue weighted by atomic mass is 10.2. The number of ether oxygens (including phenoxy) is 1. The molecule has 3 aromatic heterocycles. The minimum atomic E-state index is 0.174. The molecule has 26 heavy (non-hydrogen) atoms. The van der Waals surface area contributed by atoms with Crippen LogP contribution >= 0.6 is 0 Å². The zero-order valence-electron chi connectivity index (χ0n) is 14.4. The van der Waals surface area contributed by atoms with Crippen LogP contribution in [0.5, 0.6) is 17.2 Å². The predicted molar refractivity (Wildman–Crippen MR) is 97.3 cm³/mol. The molecule has 0 saturated carbocycles. The van der Waals surface area contributed by atoms with Crippen LogP contribution in [0.2, 0.25) is 0 Å². The number of aryl methyl sites for hydroxylation is 1. The summed E-state index contributed by atoms with van der Waals surface area (Å²) >= 11 is 0. The van der Waals surface area contributed by atoms with Gasteiger partial charge in [0, 0.05) is 37.0 Å². The molecule has 0 fully saturated rings. The van der Waals surface area contributed by atoms with E-state index >= 15 is 0 Å². The smallest absolute Gasteiger partial charge is 0.141 e. The highest BCUT2D eigenvalue weighted by Gasteiger charge is 2.11. The van der Waals surface area contributed by atoms with E-state index in [-0.39, 0.29) is 5.75 Å². The van der Waals surface area contributed by atoms with Crippen molar-refractivity contribution in [3.8, 4) is 17.2 Å². The van der Waals surface area contributed by atoms with Crippen LogP contribution in [0.4, 0.5) is 0 Å². The molecule has 0 spiro atoms. The van der Waals surface area contributed by atoms with E-state index in [9.17, 15) is 5.11 Å². The highest BCUT2D eigenvalue weighted by molar-refractivity contribution is 5.86. The zero-order chi connectivity index (χ0) is 18.1. The Labute approximate surface area is 149 Å². The monoisotopic (exact) mass is 350 g/mol. The molecule has 0 saturated heterocycles. The number of phenolic OH excluding ortho intramolecular Hbond substituents is 1. The van der Waals surface area contributed by atoms with Crippen LogP contribution in [0.25, 0.3) is 16.6 Å². The van der Waals surface area contributed by atoms with Gasteiger partial charge in [-0.25, -0.2) is 10.5 Å². The number of pyridine rings is 2. The van der Waals surface area contributed by atoms with E-state index in [1.807, 2.05) is 29.7 Å². The topological polar surface area (TPSA) is 80.9 Å². The van der Waals surface area contributed by atoms with Crippen molar-refractivity contribution >= 4 is 16.6 Å². The molecule has 2 N–H and O–H groups in total. The van der Waals surface area contributed by atoms with Crippen molar-refractivity contribution in [1.82, 2.24) is 19.8 Å². The average Bonchev–Trinajstić information content (AvgIpc) is 2.94. The Morgan fingerprint density at radius 2 is 2.08 bits per heavy atom. The normalized spacial score (nSPS) is 11.3. The summed E-state index contributed by atoms with van der Waals surface area (Å²) in [4.78, 5) is 14.1. The van der Waals surface area contributed by atoms with Crippen molar-refractivity contribution in [2.24, 2.45) is 0 Å². The lowest BCUT2D eigenvalue weighted by molar-refractivity contribution is 0.0417. The fourth-order valence-electron chi connectivity index (χ4n) is 2.90. The number of hydroxylamine groups is 1. The fourth-order valence-corrected chi connectivity index (χ4v) is 2.90. The summed E-state index contributed by atoms with van der Waals surface area (Å²) in [6, 6.07) is 10.6. The van der Waals surface area contributed by atoms with Crippen molar-refractivity contribution in [3.63, 3.8) is 0 Å². The lowest BCUT2D eigenvalue weighted by Gasteiger charge is -2.09. The van der Waals surface area contributed by atoms with Crippen LogP contribution in [0.15, 0.2) is 48.8 Å². The molecule has 132 valence electrons. The molecule has 7 nitrogen and oxygen atoms in total. The average molecular weight is 350 g/mol. The Bertz CT molecular complexity index is 1090. The van der Waals surface area contributed by atoms with Gasteiger partial charge in [-0.15, -0.1) is 0 Å². The van der Waals surface area contributed by atoms with E-state index < -0.39 is 0 Å². The van der Waals surface area contributed by atoms with E-state index in [0.29, 0.717) is 23.6 Å². The number of aromatic nitrogens is 3. The van der Waals surface area contributed by atoms with E-state index in [0.717, 1.165) is 22.4 Å².